The van der Waals surface area contributed by atoms with E-state index in [1.165, 1.54) is 11.3 Å². The van der Waals surface area contributed by atoms with Gasteiger partial charge < -0.3 is 20.4 Å². The maximum atomic E-state index is 12.6. The summed E-state index contributed by atoms with van der Waals surface area (Å²) in [7, 11) is 2.12. The van der Waals surface area contributed by atoms with Gasteiger partial charge in [0.2, 0.25) is 5.91 Å². The number of amides is 2. The monoisotopic (exact) mass is 399 g/mol. The minimum absolute atomic E-state index is 0.0527. The molecule has 4 rings (SSSR count). The fourth-order valence-corrected chi connectivity index (χ4v) is 4.18. The number of rotatable bonds is 5. The number of carbonyl (C=O) groups excluding carboxylic acids is 2. The average molecular weight is 400 g/mol. The fraction of sp³-hybridized carbons (Fsp3) is 0.450. The highest BCUT2D eigenvalue weighted by molar-refractivity contribution is 7.18. The Morgan fingerprint density at radius 1 is 1.14 bits per heavy atom. The third kappa shape index (κ3) is 4.34. The van der Waals surface area contributed by atoms with Crippen molar-refractivity contribution in [3.8, 4) is 0 Å². The van der Waals surface area contributed by atoms with Gasteiger partial charge in [0.25, 0.3) is 5.91 Å². The van der Waals surface area contributed by atoms with Gasteiger partial charge in [0.05, 0.1) is 21.8 Å². The maximum absolute atomic E-state index is 12.6. The number of aryl methyl sites for hydroxylation is 1. The first-order chi connectivity index (χ1) is 13.5. The molecule has 1 aliphatic heterocycles. The quantitative estimate of drug-likeness (QED) is 0.808. The van der Waals surface area contributed by atoms with E-state index in [1.807, 2.05) is 25.1 Å². The molecular weight excluding hydrogens is 374 g/mol. The van der Waals surface area contributed by atoms with Gasteiger partial charge in [0.1, 0.15) is 5.82 Å². The Morgan fingerprint density at radius 3 is 2.54 bits per heavy atom. The van der Waals surface area contributed by atoms with Crippen LogP contribution in [0.1, 0.15) is 28.1 Å². The number of thiophene rings is 1. The van der Waals surface area contributed by atoms with E-state index in [1.54, 1.807) is 6.20 Å². The molecule has 2 amide bonds. The van der Waals surface area contributed by atoms with Crippen LogP contribution in [0.2, 0.25) is 0 Å². The van der Waals surface area contributed by atoms with Crippen molar-refractivity contribution in [3.05, 3.63) is 34.8 Å². The first kappa shape index (κ1) is 18.9. The summed E-state index contributed by atoms with van der Waals surface area (Å²) in [5.74, 6) is 0.952. The molecule has 2 fully saturated rings. The standard InChI is InChI=1S/C20H25N5O2S/c1-13-11-17(23-19(26)14-3-4-14)28-18(13)20(27)22-15-5-6-16(21-12-15)25-9-7-24(2)8-10-25/h5-6,11-12,14H,3-4,7-10H2,1-2H3,(H,22,27)(H,23,26). The number of hydrogen-bond acceptors (Lipinski definition) is 6. The SMILES string of the molecule is Cc1cc(NC(=O)C2CC2)sc1C(=O)Nc1ccc(N2CCN(C)CC2)nc1. The summed E-state index contributed by atoms with van der Waals surface area (Å²) in [6, 6.07) is 5.69. The van der Waals surface area contributed by atoms with E-state index in [-0.39, 0.29) is 17.7 Å². The molecule has 3 heterocycles. The molecule has 0 aromatic carbocycles. The molecule has 0 spiro atoms. The summed E-state index contributed by atoms with van der Waals surface area (Å²) >= 11 is 1.31. The topological polar surface area (TPSA) is 77.6 Å². The normalized spacial score (nSPS) is 17.4. The van der Waals surface area contributed by atoms with E-state index < -0.39 is 0 Å². The van der Waals surface area contributed by atoms with Crippen molar-refractivity contribution in [1.29, 1.82) is 0 Å². The highest BCUT2D eigenvalue weighted by Gasteiger charge is 2.30. The zero-order chi connectivity index (χ0) is 19.7. The Balaban J connectivity index is 1.38. The van der Waals surface area contributed by atoms with Crippen molar-refractivity contribution in [2.75, 3.05) is 48.8 Å². The van der Waals surface area contributed by atoms with Crippen molar-refractivity contribution in [3.63, 3.8) is 0 Å². The van der Waals surface area contributed by atoms with Crippen molar-refractivity contribution in [2.24, 2.45) is 5.92 Å². The average Bonchev–Trinajstić information content (AvgIpc) is 3.47. The fourth-order valence-electron chi connectivity index (χ4n) is 3.21. The van der Waals surface area contributed by atoms with E-state index in [9.17, 15) is 9.59 Å². The third-order valence-corrected chi connectivity index (χ3v) is 6.30. The summed E-state index contributed by atoms with van der Waals surface area (Å²) in [5, 5.41) is 6.54. The van der Waals surface area contributed by atoms with Crippen molar-refractivity contribution in [2.45, 2.75) is 19.8 Å². The maximum Gasteiger partial charge on any atom is 0.266 e. The highest BCUT2D eigenvalue weighted by atomic mass is 32.1. The van der Waals surface area contributed by atoms with Gasteiger partial charge in [-0.05, 0) is 50.6 Å². The molecular formula is C20H25N5O2S. The summed E-state index contributed by atoms with van der Waals surface area (Å²) < 4.78 is 0. The van der Waals surface area contributed by atoms with E-state index in [2.05, 4.69) is 32.5 Å². The molecule has 8 heteroatoms. The number of aromatic nitrogens is 1. The van der Waals surface area contributed by atoms with Crippen LogP contribution in [0, 0.1) is 12.8 Å². The van der Waals surface area contributed by atoms with Gasteiger partial charge in [0.15, 0.2) is 0 Å². The number of carbonyl (C=O) groups is 2. The number of piperazine rings is 1. The second kappa shape index (κ2) is 7.89. The zero-order valence-electron chi connectivity index (χ0n) is 16.2. The van der Waals surface area contributed by atoms with Gasteiger partial charge in [-0.3, -0.25) is 9.59 Å². The molecule has 1 aliphatic carbocycles. The minimum atomic E-state index is -0.177. The van der Waals surface area contributed by atoms with E-state index in [4.69, 9.17) is 0 Å². The molecule has 2 aliphatic rings. The van der Waals surface area contributed by atoms with Gasteiger partial charge in [-0.1, -0.05) is 0 Å². The summed E-state index contributed by atoms with van der Waals surface area (Å²) in [5.41, 5.74) is 1.52. The predicted octanol–water partition coefficient (Wildman–Crippen LogP) is 2.80. The molecule has 28 heavy (non-hydrogen) atoms. The van der Waals surface area contributed by atoms with Crippen molar-refractivity contribution < 1.29 is 9.59 Å². The number of nitrogens with zero attached hydrogens (tertiary/aromatic N) is 3. The van der Waals surface area contributed by atoms with Crippen LogP contribution in [0.3, 0.4) is 0 Å². The molecule has 0 atom stereocenters. The molecule has 0 bridgehead atoms. The first-order valence-corrected chi connectivity index (χ1v) is 10.4. The number of pyridine rings is 1. The predicted molar refractivity (Wildman–Crippen MR) is 112 cm³/mol. The van der Waals surface area contributed by atoms with Crippen LogP contribution in [0.4, 0.5) is 16.5 Å². The first-order valence-electron chi connectivity index (χ1n) is 9.62. The smallest absolute Gasteiger partial charge is 0.266 e. The van der Waals surface area contributed by atoms with E-state index >= 15 is 0 Å². The van der Waals surface area contributed by atoms with Gasteiger partial charge in [0, 0.05) is 32.1 Å². The van der Waals surface area contributed by atoms with E-state index in [0.29, 0.717) is 10.6 Å². The minimum Gasteiger partial charge on any atom is -0.354 e. The van der Waals surface area contributed by atoms with Crippen LogP contribution in [-0.4, -0.2) is 54.9 Å². The molecule has 148 valence electrons. The van der Waals surface area contributed by atoms with Gasteiger partial charge >= 0.3 is 0 Å². The summed E-state index contributed by atoms with van der Waals surface area (Å²) in [6.07, 6.45) is 3.62. The lowest BCUT2D eigenvalue weighted by Gasteiger charge is -2.33. The van der Waals surface area contributed by atoms with Gasteiger partial charge in [-0.2, -0.15) is 0 Å². The summed E-state index contributed by atoms with van der Waals surface area (Å²) in [4.78, 5) is 34.2. The molecule has 1 saturated heterocycles. The van der Waals surface area contributed by atoms with Gasteiger partial charge in [-0.15, -0.1) is 11.3 Å². The Kier molecular flexibility index (Phi) is 5.32. The molecule has 2 aromatic rings. The van der Waals surface area contributed by atoms with Gasteiger partial charge in [-0.25, -0.2) is 4.98 Å². The Bertz CT molecular complexity index is 867. The largest absolute Gasteiger partial charge is 0.354 e. The van der Waals surface area contributed by atoms with Crippen LogP contribution in [0.5, 0.6) is 0 Å². The van der Waals surface area contributed by atoms with Crippen molar-refractivity contribution in [1.82, 2.24) is 9.88 Å². The zero-order valence-corrected chi connectivity index (χ0v) is 17.0. The Morgan fingerprint density at radius 2 is 1.89 bits per heavy atom. The van der Waals surface area contributed by atoms with Crippen LogP contribution < -0.4 is 15.5 Å². The molecule has 0 radical (unpaired) electrons. The lowest BCUT2D eigenvalue weighted by molar-refractivity contribution is -0.117. The highest BCUT2D eigenvalue weighted by Crippen LogP contribution is 2.33. The van der Waals surface area contributed by atoms with Crippen LogP contribution in [0.15, 0.2) is 24.4 Å². The molecule has 7 nitrogen and oxygen atoms in total. The number of anilines is 3. The second-order valence-electron chi connectivity index (χ2n) is 7.54. The Hall–Kier alpha value is -2.45. The van der Waals surface area contributed by atoms with Crippen LogP contribution in [0.25, 0.3) is 0 Å². The lowest BCUT2D eigenvalue weighted by Crippen LogP contribution is -2.44. The number of hydrogen-bond donors (Lipinski definition) is 2. The van der Waals surface area contributed by atoms with E-state index in [0.717, 1.165) is 55.4 Å². The van der Waals surface area contributed by atoms with Crippen molar-refractivity contribution >= 4 is 39.7 Å². The second-order valence-corrected chi connectivity index (χ2v) is 8.59. The Labute approximate surface area is 168 Å². The summed E-state index contributed by atoms with van der Waals surface area (Å²) in [6.45, 7) is 5.85. The molecule has 2 aromatic heterocycles. The van der Waals surface area contributed by atoms with Crippen LogP contribution in [-0.2, 0) is 4.79 Å². The number of likely N-dealkylation sites (N-methyl/N-ethyl adjacent to an activating group) is 1. The molecule has 2 N–H and O–H groups in total. The molecule has 0 unspecified atom stereocenters. The number of nitrogens with one attached hydrogen (secondary N) is 2. The lowest BCUT2D eigenvalue weighted by atomic mass is 10.2. The van der Waals surface area contributed by atoms with Crippen LogP contribution >= 0.6 is 11.3 Å². The molecule has 1 saturated carbocycles. The third-order valence-electron chi connectivity index (χ3n) is 5.15.